The highest BCUT2D eigenvalue weighted by atomic mass is 31.3. The van der Waals surface area contributed by atoms with Crippen LogP contribution in [-0.2, 0) is 22.8 Å². The Balaban J connectivity index is 4.68. The highest BCUT2D eigenvalue weighted by molar-refractivity contribution is 7.60. The zero-order valence-electron chi connectivity index (χ0n) is 9.51. The third-order valence-corrected chi connectivity index (χ3v) is 4.10. The average molecular weight is 324 g/mol. The van der Waals surface area contributed by atoms with Crippen LogP contribution in [0.1, 0.15) is 6.92 Å². The van der Waals surface area contributed by atoms with Gasteiger partial charge in [0.1, 0.15) is 18.3 Å². The summed E-state index contributed by atoms with van der Waals surface area (Å²) in [6, 6.07) is 0. The van der Waals surface area contributed by atoms with Crippen molar-refractivity contribution in [3.63, 3.8) is 0 Å². The van der Waals surface area contributed by atoms with E-state index in [-0.39, 0.29) is 6.29 Å². The lowest BCUT2D eigenvalue weighted by molar-refractivity contribution is -0.131. The Kier molecular flexibility index (Phi) is 6.93. The molecule has 5 atom stereocenters. The second-order valence-corrected chi connectivity index (χ2v) is 6.24. The first-order chi connectivity index (χ1) is 8.39. The number of aliphatic hydroxyl groups is 3. The molecule has 114 valence electrons. The first-order valence-electron chi connectivity index (χ1n) is 4.67. The Morgan fingerprint density at radius 3 is 1.89 bits per heavy atom. The molecule has 0 aromatic heterocycles. The summed E-state index contributed by atoms with van der Waals surface area (Å²) in [6.07, 6.45) is -7.75. The van der Waals surface area contributed by atoms with Gasteiger partial charge < -0.3 is 34.8 Å². The molecule has 0 rings (SSSR count). The third kappa shape index (κ3) is 7.23. The molecule has 0 bridgehead atoms. The summed E-state index contributed by atoms with van der Waals surface area (Å²) in [7, 11) is -10.5. The quantitative estimate of drug-likeness (QED) is 0.211. The number of hydrogen-bond donors (Lipinski definition) is 6. The van der Waals surface area contributed by atoms with Crippen LogP contribution in [-0.4, -0.2) is 60.7 Å². The second-order valence-electron chi connectivity index (χ2n) is 3.46. The molecule has 0 spiro atoms. The number of rotatable bonds is 8. The first kappa shape index (κ1) is 18.8. The molecule has 0 aromatic carbocycles. The van der Waals surface area contributed by atoms with E-state index in [9.17, 15) is 24.1 Å². The lowest BCUT2D eigenvalue weighted by atomic mass is 10.1. The topological polar surface area (TPSA) is 191 Å². The van der Waals surface area contributed by atoms with E-state index in [0.717, 1.165) is 6.92 Å². The zero-order valence-corrected chi connectivity index (χ0v) is 11.3. The molecule has 0 radical (unpaired) electrons. The Morgan fingerprint density at radius 1 is 1.05 bits per heavy atom. The van der Waals surface area contributed by atoms with Gasteiger partial charge in [0, 0.05) is 0 Å². The van der Waals surface area contributed by atoms with Gasteiger partial charge in [0.15, 0.2) is 6.29 Å². The molecule has 0 amide bonds. The molecule has 0 aromatic rings. The molecule has 0 aliphatic carbocycles. The molecular formula is C6H14O11P2. The van der Waals surface area contributed by atoms with Crippen molar-refractivity contribution in [3.05, 3.63) is 0 Å². The van der Waals surface area contributed by atoms with E-state index in [4.69, 9.17) is 19.8 Å². The third-order valence-electron chi connectivity index (χ3n) is 1.83. The predicted molar refractivity (Wildman–Crippen MR) is 57.6 cm³/mol. The average Bonchev–Trinajstić information content (AvgIpc) is 2.21. The number of phosphoric ester groups is 1. The maximum absolute atomic E-state index is 11.1. The van der Waals surface area contributed by atoms with Gasteiger partial charge in [-0.25, -0.2) is 9.13 Å². The maximum Gasteiger partial charge on any atom is 0.481 e. The van der Waals surface area contributed by atoms with Crippen molar-refractivity contribution in [2.45, 2.75) is 31.3 Å². The van der Waals surface area contributed by atoms with Gasteiger partial charge in [-0.2, -0.15) is 4.31 Å². The van der Waals surface area contributed by atoms with Crippen LogP contribution in [0, 0.1) is 0 Å². The summed E-state index contributed by atoms with van der Waals surface area (Å²) in [5.74, 6) is 0. The summed E-state index contributed by atoms with van der Waals surface area (Å²) in [6.45, 7) is 0.942. The van der Waals surface area contributed by atoms with Gasteiger partial charge in [-0.3, -0.25) is 4.52 Å². The lowest BCUT2D eigenvalue weighted by Crippen LogP contribution is -2.44. The maximum atomic E-state index is 11.1. The van der Waals surface area contributed by atoms with Crippen LogP contribution in [0.5, 0.6) is 0 Å². The fourth-order valence-electron chi connectivity index (χ4n) is 0.986. The van der Waals surface area contributed by atoms with Crippen LogP contribution in [0.15, 0.2) is 0 Å². The molecule has 0 aliphatic heterocycles. The highest BCUT2D eigenvalue weighted by Crippen LogP contribution is 2.58. The van der Waals surface area contributed by atoms with Crippen molar-refractivity contribution in [1.82, 2.24) is 0 Å². The Hall–Kier alpha value is -0.190. The van der Waals surface area contributed by atoms with Crippen molar-refractivity contribution in [3.8, 4) is 0 Å². The van der Waals surface area contributed by atoms with E-state index in [1.165, 1.54) is 0 Å². The zero-order chi connectivity index (χ0) is 15.4. The molecular weight excluding hydrogens is 310 g/mol. The van der Waals surface area contributed by atoms with Gasteiger partial charge in [0.25, 0.3) is 0 Å². The number of phosphoric acid groups is 2. The summed E-state index contributed by atoms with van der Waals surface area (Å²) in [5.41, 5.74) is 0. The van der Waals surface area contributed by atoms with E-state index in [1.54, 1.807) is 0 Å². The summed E-state index contributed by atoms with van der Waals surface area (Å²) in [5, 5.41) is 27.5. The minimum Gasteiger partial charge on any atom is -0.388 e. The van der Waals surface area contributed by atoms with Gasteiger partial charge in [-0.1, -0.05) is 0 Å². The van der Waals surface area contributed by atoms with Crippen LogP contribution in [0.2, 0.25) is 0 Å². The minimum atomic E-state index is -5.31. The molecule has 13 heteroatoms. The molecule has 0 aliphatic rings. The normalized spacial score (nSPS) is 22.1. The van der Waals surface area contributed by atoms with Gasteiger partial charge in [0.05, 0.1) is 6.10 Å². The minimum absolute atomic E-state index is 0.0920. The van der Waals surface area contributed by atoms with E-state index in [0.29, 0.717) is 0 Å². The van der Waals surface area contributed by atoms with Crippen LogP contribution >= 0.6 is 15.6 Å². The Bertz CT molecular complexity index is 391. The number of carbonyl (C=O) groups is 1. The number of carbonyl (C=O) groups excluding carboxylic acids is 1. The van der Waals surface area contributed by atoms with Gasteiger partial charge in [-0.15, -0.1) is 0 Å². The molecule has 0 heterocycles. The molecule has 6 N–H and O–H groups in total. The molecule has 0 saturated carbocycles. The smallest absolute Gasteiger partial charge is 0.388 e. The highest BCUT2D eigenvalue weighted by Gasteiger charge is 2.38. The second kappa shape index (κ2) is 7.00. The molecule has 19 heavy (non-hydrogen) atoms. The summed E-state index contributed by atoms with van der Waals surface area (Å²) < 4.78 is 29.0. The summed E-state index contributed by atoms with van der Waals surface area (Å²) in [4.78, 5) is 35.7. The molecule has 11 nitrogen and oxygen atoms in total. The van der Waals surface area contributed by atoms with Crippen molar-refractivity contribution in [2.75, 3.05) is 0 Å². The fraction of sp³-hybridized carbons (Fsp3) is 0.833. The van der Waals surface area contributed by atoms with Crippen molar-refractivity contribution >= 4 is 21.9 Å². The Labute approximate surface area is 107 Å². The first-order valence-corrected chi connectivity index (χ1v) is 7.70. The SMILES string of the molecule is C[C@@H](OP(=O)(O)OP(=O)(O)O)[C@H](O)[C@H](O)[C@@H](O)C=O. The molecule has 0 saturated heterocycles. The fourth-order valence-corrected chi connectivity index (χ4v) is 2.76. The largest absolute Gasteiger partial charge is 0.481 e. The van der Waals surface area contributed by atoms with Crippen LogP contribution in [0.4, 0.5) is 0 Å². The molecule has 1 unspecified atom stereocenters. The van der Waals surface area contributed by atoms with E-state index in [2.05, 4.69) is 8.83 Å². The van der Waals surface area contributed by atoms with Crippen molar-refractivity contribution in [1.29, 1.82) is 0 Å². The summed E-state index contributed by atoms with van der Waals surface area (Å²) >= 11 is 0. The lowest BCUT2D eigenvalue weighted by Gasteiger charge is -2.26. The van der Waals surface area contributed by atoms with Crippen molar-refractivity contribution < 1.29 is 52.8 Å². The van der Waals surface area contributed by atoms with Crippen LogP contribution < -0.4 is 0 Å². The van der Waals surface area contributed by atoms with Crippen LogP contribution in [0.25, 0.3) is 0 Å². The van der Waals surface area contributed by atoms with Crippen molar-refractivity contribution in [2.24, 2.45) is 0 Å². The van der Waals surface area contributed by atoms with Gasteiger partial charge >= 0.3 is 15.6 Å². The van der Waals surface area contributed by atoms with Crippen LogP contribution in [0.3, 0.4) is 0 Å². The number of aldehydes is 1. The monoisotopic (exact) mass is 324 g/mol. The predicted octanol–water partition coefficient (Wildman–Crippen LogP) is -2.12. The van der Waals surface area contributed by atoms with E-state index < -0.39 is 40.1 Å². The standard InChI is InChI=1S/C6H14O11P2/c1-3(5(9)6(10)4(8)2-7)16-19(14,15)17-18(11,12)13/h2-6,8-10H,1H3,(H,14,15)(H2,11,12,13)/t3-,4+,5+,6-/m1/s1. The van der Waals surface area contributed by atoms with Gasteiger partial charge in [-0.05, 0) is 6.92 Å². The van der Waals surface area contributed by atoms with Gasteiger partial charge in [0.2, 0.25) is 0 Å². The molecule has 0 fully saturated rings. The van der Waals surface area contributed by atoms with E-state index in [1.807, 2.05) is 0 Å². The number of aliphatic hydroxyl groups excluding tert-OH is 3. The Morgan fingerprint density at radius 2 is 1.53 bits per heavy atom. The van der Waals surface area contributed by atoms with E-state index >= 15 is 0 Å². The number of hydrogen-bond acceptors (Lipinski definition) is 8.